The average molecular weight is 237 g/mol. The molecule has 0 saturated heterocycles. The molecule has 0 spiro atoms. The second-order valence-electron chi connectivity index (χ2n) is 4.42. The quantitative estimate of drug-likeness (QED) is 0.783. The number of hydrogen-bond acceptors (Lipinski definition) is 3. The minimum atomic E-state index is 0.0466. The summed E-state index contributed by atoms with van der Waals surface area (Å²) in [5, 5.41) is 4.45. The normalized spacial score (nSPS) is 12.7. The third kappa shape index (κ3) is 3.66. The number of rotatable bonds is 7. The van der Waals surface area contributed by atoms with Crippen molar-refractivity contribution >= 4 is 5.78 Å². The number of nitrogens with two attached hydrogens (primary N) is 1. The van der Waals surface area contributed by atoms with Gasteiger partial charge in [-0.15, -0.1) is 0 Å². The topological polar surface area (TPSA) is 60.9 Å². The third-order valence-electron chi connectivity index (χ3n) is 3.08. The summed E-state index contributed by atoms with van der Waals surface area (Å²) in [5.41, 5.74) is 7.56. The summed E-state index contributed by atoms with van der Waals surface area (Å²) in [6.07, 6.45) is 2.15. The Kier molecular flexibility index (Phi) is 5.35. The highest BCUT2D eigenvalue weighted by atomic mass is 16.1. The van der Waals surface area contributed by atoms with E-state index < -0.39 is 0 Å². The summed E-state index contributed by atoms with van der Waals surface area (Å²) >= 11 is 0. The summed E-state index contributed by atoms with van der Waals surface area (Å²) in [7, 11) is 0. The van der Waals surface area contributed by atoms with E-state index in [0.717, 1.165) is 30.8 Å². The molecule has 1 unspecified atom stereocenters. The lowest BCUT2D eigenvalue weighted by molar-refractivity contribution is -0.121. The predicted octanol–water partition coefficient (Wildman–Crippen LogP) is 1.56. The highest BCUT2D eigenvalue weighted by Gasteiger charge is 2.15. The molecule has 1 rings (SSSR count). The van der Waals surface area contributed by atoms with E-state index in [1.165, 1.54) is 0 Å². The van der Waals surface area contributed by atoms with Crippen molar-refractivity contribution in [3.8, 4) is 0 Å². The second-order valence-corrected chi connectivity index (χ2v) is 4.42. The number of aryl methyl sites for hydroxylation is 2. The molecule has 17 heavy (non-hydrogen) atoms. The predicted molar refractivity (Wildman–Crippen MR) is 68.8 cm³/mol. The minimum Gasteiger partial charge on any atom is -0.330 e. The van der Waals surface area contributed by atoms with Crippen LogP contribution in [0.1, 0.15) is 38.6 Å². The number of hydrogen-bond donors (Lipinski definition) is 1. The average Bonchev–Trinajstić information content (AvgIpc) is 2.71. The largest absolute Gasteiger partial charge is 0.330 e. The first-order valence-electron chi connectivity index (χ1n) is 6.40. The van der Waals surface area contributed by atoms with E-state index in [1.807, 2.05) is 24.6 Å². The van der Waals surface area contributed by atoms with Gasteiger partial charge in [-0.1, -0.05) is 13.8 Å². The Balaban J connectivity index is 2.73. The molecule has 0 aliphatic carbocycles. The van der Waals surface area contributed by atoms with Gasteiger partial charge in [0.25, 0.3) is 0 Å². The van der Waals surface area contributed by atoms with Gasteiger partial charge < -0.3 is 5.73 Å². The van der Waals surface area contributed by atoms with Crippen molar-refractivity contribution < 1.29 is 4.79 Å². The van der Waals surface area contributed by atoms with Crippen LogP contribution in [-0.4, -0.2) is 22.1 Å². The molecule has 96 valence electrons. The standard InChI is InChI=1S/C13H23N3O/c1-4-11-8-12(16(5-2)15-11)9-13(17)10(3)6-7-14/h8,10H,4-7,9,14H2,1-3H3. The maximum atomic E-state index is 12.0. The molecule has 1 aromatic heterocycles. The molecular weight excluding hydrogens is 214 g/mol. The molecule has 4 heteroatoms. The fraction of sp³-hybridized carbons (Fsp3) is 0.692. The first-order valence-corrected chi connectivity index (χ1v) is 6.40. The fourth-order valence-corrected chi connectivity index (χ4v) is 1.87. The second kappa shape index (κ2) is 6.55. The van der Waals surface area contributed by atoms with Crippen molar-refractivity contribution in [2.75, 3.05) is 6.54 Å². The van der Waals surface area contributed by atoms with Crippen LogP contribution >= 0.6 is 0 Å². The number of carbonyl (C=O) groups excluding carboxylic acids is 1. The van der Waals surface area contributed by atoms with Crippen LogP contribution in [0.5, 0.6) is 0 Å². The lowest BCUT2D eigenvalue weighted by Crippen LogP contribution is -2.19. The van der Waals surface area contributed by atoms with Gasteiger partial charge in [0.15, 0.2) is 0 Å². The molecular formula is C13H23N3O. The van der Waals surface area contributed by atoms with Gasteiger partial charge in [-0.05, 0) is 32.4 Å². The first kappa shape index (κ1) is 13.9. The molecule has 1 aromatic rings. The van der Waals surface area contributed by atoms with Gasteiger partial charge in [0.05, 0.1) is 5.69 Å². The van der Waals surface area contributed by atoms with Gasteiger partial charge in [-0.2, -0.15) is 5.10 Å². The maximum absolute atomic E-state index is 12.0. The van der Waals surface area contributed by atoms with E-state index in [1.54, 1.807) is 0 Å². The number of nitrogens with zero attached hydrogens (tertiary/aromatic N) is 2. The van der Waals surface area contributed by atoms with Crippen LogP contribution in [0.2, 0.25) is 0 Å². The SMILES string of the molecule is CCc1cc(CC(=O)C(C)CCN)n(CC)n1. The molecule has 0 fully saturated rings. The van der Waals surface area contributed by atoms with E-state index in [0.29, 0.717) is 13.0 Å². The molecule has 1 heterocycles. The Morgan fingerprint density at radius 3 is 2.76 bits per heavy atom. The van der Waals surface area contributed by atoms with Crippen molar-refractivity contribution in [1.82, 2.24) is 9.78 Å². The molecule has 0 aliphatic rings. The van der Waals surface area contributed by atoms with Crippen LogP contribution in [0.15, 0.2) is 6.07 Å². The van der Waals surface area contributed by atoms with Crippen molar-refractivity contribution in [1.29, 1.82) is 0 Å². The van der Waals surface area contributed by atoms with Gasteiger partial charge in [-0.3, -0.25) is 9.48 Å². The molecule has 4 nitrogen and oxygen atoms in total. The van der Waals surface area contributed by atoms with E-state index in [9.17, 15) is 4.79 Å². The van der Waals surface area contributed by atoms with Crippen molar-refractivity contribution in [3.63, 3.8) is 0 Å². The Labute approximate surface area is 103 Å². The highest BCUT2D eigenvalue weighted by Crippen LogP contribution is 2.11. The van der Waals surface area contributed by atoms with Crippen molar-refractivity contribution in [2.45, 2.75) is 46.6 Å². The maximum Gasteiger partial charge on any atom is 0.141 e. The van der Waals surface area contributed by atoms with Crippen LogP contribution in [0.3, 0.4) is 0 Å². The fourth-order valence-electron chi connectivity index (χ4n) is 1.87. The van der Waals surface area contributed by atoms with Crippen LogP contribution in [-0.2, 0) is 24.2 Å². The van der Waals surface area contributed by atoms with Crippen LogP contribution in [0.4, 0.5) is 0 Å². The van der Waals surface area contributed by atoms with E-state index in [4.69, 9.17) is 5.73 Å². The molecule has 0 amide bonds. The molecule has 0 saturated carbocycles. The van der Waals surface area contributed by atoms with E-state index >= 15 is 0 Å². The Morgan fingerprint density at radius 1 is 1.53 bits per heavy atom. The van der Waals surface area contributed by atoms with Gasteiger partial charge >= 0.3 is 0 Å². The van der Waals surface area contributed by atoms with E-state index in [-0.39, 0.29) is 11.7 Å². The Morgan fingerprint density at radius 2 is 2.24 bits per heavy atom. The van der Waals surface area contributed by atoms with Crippen LogP contribution < -0.4 is 5.73 Å². The third-order valence-corrected chi connectivity index (χ3v) is 3.08. The Bertz CT molecular complexity index is 371. The first-order chi connectivity index (χ1) is 8.12. The molecule has 0 bridgehead atoms. The smallest absolute Gasteiger partial charge is 0.141 e. The summed E-state index contributed by atoms with van der Waals surface area (Å²) in [4.78, 5) is 12.0. The van der Waals surface area contributed by atoms with Crippen molar-refractivity contribution in [2.24, 2.45) is 11.7 Å². The number of carbonyl (C=O) groups is 1. The van der Waals surface area contributed by atoms with Gasteiger partial charge in [0.1, 0.15) is 5.78 Å². The van der Waals surface area contributed by atoms with E-state index in [2.05, 4.69) is 12.0 Å². The zero-order valence-electron chi connectivity index (χ0n) is 11.1. The lowest BCUT2D eigenvalue weighted by Gasteiger charge is -2.09. The zero-order chi connectivity index (χ0) is 12.8. The molecule has 0 radical (unpaired) electrons. The molecule has 0 aliphatic heterocycles. The van der Waals surface area contributed by atoms with Crippen LogP contribution in [0, 0.1) is 5.92 Å². The van der Waals surface area contributed by atoms with Gasteiger partial charge in [0, 0.05) is 24.6 Å². The monoisotopic (exact) mass is 237 g/mol. The number of aromatic nitrogens is 2. The van der Waals surface area contributed by atoms with Crippen molar-refractivity contribution in [3.05, 3.63) is 17.5 Å². The highest BCUT2D eigenvalue weighted by molar-refractivity contribution is 5.82. The molecule has 0 aromatic carbocycles. The molecule has 2 N–H and O–H groups in total. The van der Waals surface area contributed by atoms with Crippen LogP contribution in [0.25, 0.3) is 0 Å². The zero-order valence-corrected chi connectivity index (χ0v) is 11.1. The summed E-state index contributed by atoms with van der Waals surface area (Å²) < 4.78 is 1.92. The number of ketones is 1. The summed E-state index contributed by atoms with van der Waals surface area (Å²) in [6.45, 7) is 7.45. The molecule has 1 atom stereocenters. The summed E-state index contributed by atoms with van der Waals surface area (Å²) in [6, 6.07) is 2.04. The summed E-state index contributed by atoms with van der Waals surface area (Å²) in [5.74, 6) is 0.304. The van der Waals surface area contributed by atoms with Gasteiger partial charge in [-0.25, -0.2) is 0 Å². The Hall–Kier alpha value is -1.16. The lowest BCUT2D eigenvalue weighted by atomic mass is 9.99. The van der Waals surface area contributed by atoms with Gasteiger partial charge in [0.2, 0.25) is 0 Å². The minimum absolute atomic E-state index is 0.0466. The number of Topliss-reactive ketones (excluding diaryl/α,β-unsaturated/α-hetero) is 1.